The topological polar surface area (TPSA) is 33.7 Å². The molecular formula is C17H28N2O2. The quantitative estimate of drug-likeness (QED) is 0.874. The molecule has 1 aromatic rings. The molecule has 1 heterocycles. The molecule has 0 saturated heterocycles. The highest BCUT2D eigenvalue weighted by Gasteiger charge is 2.35. The van der Waals surface area contributed by atoms with Crippen LogP contribution in [0.4, 0.5) is 0 Å². The van der Waals surface area contributed by atoms with E-state index in [1.165, 1.54) is 5.56 Å². The molecule has 0 bridgehead atoms. The molecule has 0 amide bonds. The summed E-state index contributed by atoms with van der Waals surface area (Å²) in [6.07, 6.45) is 1.06. The van der Waals surface area contributed by atoms with Crippen LogP contribution in [0.15, 0.2) is 18.2 Å². The van der Waals surface area contributed by atoms with Crippen LogP contribution in [-0.4, -0.2) is 44.3 Å². The zero-order chi connectivity index (χ0) is 15.5. The maximum absolute atomic E-state index is 5.73. The Kier molecular flexibility index (Phi) is 5.12. The molecule has 21 heavy (non-hydrogen) atoms. The average molecular weight is 292 g/mol. The van der Waals surface area contributed by atoms with E-state index >= 15 is 0 Å². The third kappa shape index (κ3) is 3.16. The van der Waals surface area contributed by atoms with Crippen molar-refractivity contribution < 1.29 is 9.47 Å². The standard InChI is InChI=1S/C17H28N2O2/c1-6-17(3,19(4)5)16(18-7-2)13-8-9-14-15(12-13)21-11-10-20-14/h8-9,12,16,18H,6-7,10-11H2,1-5H3. The summed E-state index contributed by atoms with van der Waals surface area (Å²) in [6, 6.07) is 6.55. The maximum atomic E-state index is 5.73. The first-order valence-electron chi connectivity index (χ1n) is 7.83. The zero-order valence-electron chi connectivity index (χ0n) is 13.9. The van der Waals surface area contributed by atoms with Gasteiger partial charge in [0.25, 0.3) is 0 Å². The zero-order valence-corrected chi connectivity index (χ0v) is 13.9. The molecule has 0 aromatic heterocycles. The summed E-state index contributed by atoms with van der Waals surface area (Å²) in [5.41, 5.74) is 1.29. The van der Waals surface area contributed by atoms with Gasteiger partial charge in [-0.15, -0.1) is 0 Å². The number of likely N-dealkylation sites (N-methyl/N-ethyl adjacent to an activating group) is 2. The number of hydrogen-bond acceptors (Lipinski definition) is 4. The van der Waals surface area contributed by atoms with Crippen molar-refractivity contribution in [2.45, 2.75) is 38.8 Å². The SMILES string of the molecule is CCNC(c1ccc2c(c1)OCCO2)C(C)(CC)N(C)C. The molecule has 0 saturated carbocycles. The Bertz CT molecular complexity index is 476. The number of fused-ring (bicyclic) bond motifs is 1. The number of benzene rings is 1. The highest BCUT2D eigenvalue weighted by Crippen LogP contribution is 2.38. The molecule has 0 fully saturated rings. The van der Waals surface area contributed by atoms with E-state index in [1.807, 2.05) is 6.07 Å². The van der Waals surface area contributed by atoms with Crippen molar-refractivity contribution in [3.63, 3.8) is 0 Å². The van der Waals surface area contributed by atoms with E-state index in [0.717, 1.165) is 24.5 Å². The predicted molar refractivity (Wildman–Crippen MR) is 86.2 cm³/mol. The summed E-state index contributed by atoms with van der Waals surface area (Å²) in [4.78, 5) is 2.30. The Morgan fingerprint density at radius 2 is 1.86 bits per heavy atom. The second-order valence-electron chi connectivity index (χ2n) is 6.00. The number of nitrogens with one attached hydrogen (secondary N) is 1. The van der Waals surface area contributed by atoms with Gasteiger partial charge in [-0.1, -0.05) is 19.9 Å². The molecule has 1 N–H and O–H groups in total. The lowest BCUT2D eigenvalue weighted by Gasteiger charge is -2.43. The Balaban J connectivity index is 2.38. The molecule has 0 aliphatic carbocycles. The minimum absolute atomic E-state index is 0.0414. The van der Waals surface area contributed by atoms with E-state index in [4.69, 9.17) is 9.47 Å². The van der Waals surface area contributed by atoms with Gasteiger partial charge in [-0.25, -0.2) is 0 Å². The second-order valence-corrected chi connectivity index (χ2v) is 6.00. The van der Waals surface area contributed by atoms with Gasteiger partial charge >= 0.3 is 0 Å². The average Bonchev–Trinajstić information content (AvgIpc) is 2.51. The number of ether oxygens (including phenoxy) is 2. The van der Waals surface area contributed by atoms with Crippen molar-refractivity contribution in [1.82, 2.24) is 10.2 Å². The molecule has 1 aliphatic heterocycles. The molecule has 0 spiro atoms. The van der Waals surface area contributed by atoms with Gasteiger partial charge in [-0.3, -0.25) is 0 Å². The fraction of sp³-hybridized carbons (Fsp3) is 0.647. The van der Waals surface area contributed by atoms with E-state index in [2.05, 4.69) is 57.2 Å². The summed E-state index contributed by atoms with van der Waals surface area (Å²) in [5.74, 6) is 1.71. The minimum Gasteiger partial charge on any atom is -0.486 e. The van der Waals surface area contributed by atoms with E-state index in [1.54, 1.807) is 0 Å². The predicted octanol–water partition coefficient (Wildman–Crippen LogP) is 2.84. The van der Waals surface area contributed by atoms with Gasteiger partial charge < -0.3 is 19.7 Å². The van der Waals surface area contributed by atoms with Crippen LogP contribution < -0.4 is 14.8 Å². The maximum Gasteiger partial charge on any atom is 0.161 e. The summed E-state index contributed by atoms with van der Waals surface area (Å²) < 4.78 is 11.4. The molecule has 2 atom stereocenters. The first kappa shape index (κ1) is 16.1. The van der Waals surface area contributed by atoms with Gasteiger partial charge in [0.2, 0.25) is 0 Å². The van der Waals surface area contributed by atoms with Crippen LogP contribution >= 0.6 is 0 Å². The Hall–Kier alpha value is -1.26. The third-order valence-electron chi connectivity index (χ3n) is 4.67. The third-order valence-corrected chi connectivity index (χ3v) is 4.67. The van der Waals surface area contributed by atoms with Crippen molar-refractivity contribution in [3.8, 4) is 11.5 Å². The highest BCUT2D eigenvalue weighted by atomic mass is 16.6. The molecule has 2 rings (SSSR count). The fourth-order valence-corrected chi connectivity index (χ4v) is 2.92. The number of nitrogens with zero attached hydrogens (tertiary/aromatic N) is 1. The normalized spacial score (nSPS) is 18.4. The summed E-state index contributed by atoms with van der Waals surface area (Å²) >= 11 is 0. The first-order chi connectivity index (χ1) is 10.0. The molecule has 1 aromatic carbocycles. The van der Waals surface area contributed by atoms with Crippen molar-refractivity contribution >= 4 is 0 Å². The van der Waals surface area contributed by atoms with Gasteiger partial charge in [-0.2, -0.15) is 0 Å². The highest BCUT2D eigenvalue weighted by molar-refractivity contribution is 5.45. The van der Waals surface area contributed by atoms with E-state index in [9.17, 15) is 0 Å². The van der Waals surface area contributed by atoms with Gasteiger partial charge in [0.1, 0.15) is 13.2 Å². The van der Waals surface area contributed by atoms with Gasteiger partial charge in [0, 0.05) is 5.54 Å². The Morgan fingerprint density at radius 1 is 1.19 bits per heavy atom. The van der Waals surface area contributed by atoms with Gasteiger partial charge in [-0.05, 0) is 51.7 Å². The lowest BCUT2D eigenvalue weighted by Crippen LogP contribution is -2.51. The summed E-state index contributed by atoms with van der Waals surface area (Å²) in [5, 5.41) is 3.64. The first-order valence-corrected chi connectivity index (χ1v) is 7.83. The number of hydrogen-bond donors (Lipinski definition) is 1. The van der Waals surface area contributed by atoms with E-state index in [0.29, 0.717) is 13.2 Å². The summed E-state index contributed by atoms with van der Waals surface area (Å²) in [6.45, 7) is 8.88. The van der Waals surface area contributed by atoms with Crippen LogP contribution in [-0.2, 0) is 0 Å². The van der Waals surface area contributed by atoms with Crippen molar-refractivity contribution in [2.24, 2.45) is 0 Å². The molecular weight excluding hydrogens is 264 g/mol. The van der Waals surface area contributed by atoms with E-state index in [-0.39, 0.29) is 11.6 Å². The summed E-state index contributed by atoms with van der Waals surface area (Å²) in [7, 11) is 4.29. The van der Waals surface area contributed by atoms with Crippen molar-refractivity contribution in [3.05, 3.63) is 23.8 Å². The van der Waals surface area contributed by atoms with Crippen LogP contribution in [0.25, 0.3) is 0 Å². The van der Waals surface area contributed by atoms with Crippen LogP contribution in [0.1, 0.15) is 38.8 Å². The Labute approximate surface area is 128 Å². The van der Waals surface area contributed by atoms with Crippen LogP contribution in [0.2, 0.25) is 0 Å². The molecule has 4 heteroatoms. The van der Waals surface area contributed by atoms with Crippen molar-refractivity contribution in [2.75, 3.05) is 33.9 Å². The van der Waals surface area contributed by atoms with Crippen LogP contribution in [0.3, 0.4) is 0 Å². The van der Waals surface area contributed by atoms with E-state index < -0.39 is 0 Å². The van der Waals surface area contributed by atoms with Crippen LogP contribution in [0.5, 0.6) is 11.5 Å². The monoisotopic (exact) mass is 292 g/mol. The lowest BCUT2D eigenvalue weighted by atomic mass is 9.83. The van der Waals surface area contributed by atoms with Gasteiger partial charge in [0.15, 0.2) is 11.5 Å². The molecule has 0 radical (unpaired) electrons. The molecule has 118 valence electrons. The number of rotatable bonds is 6. The Morgan fingerprint density at radius 3 is 2.43 bits per heavy atom. The molecule has 4 nitrogen and oxygen atoms in total. The molecule has 2 unspecified atom stereocenters. The minimum atomic E-state index is 0.0414. The van der Waals surface area contributed by atoms with Gasteiger partial charge in [0.05, 0.1) is 6.04 Å². The van der Waals surface area contributed by atoms with Crippen LogP contribution in [0, 0.1) is 0 Å². The largest absolute Gasteiger partial charge is 0.486 e. The second kappa shape index (κ2) is 6.67. The molecule has 1 aliphatic rings. The fourth-order valence-electron chi connectivity index (χ4n) is 2.92. The lowest BCUT2D eigenvalue weighted by molar-refractivity contribution is 0.113. The van der Waals surface area contributed by atoms with Crippen molar-refractivity contribution in [1.29, 1.82) is 0 Å². The smallest absolute Gasteiger partial charge is 0.161 e.